The zero-order valence-electron chi connectivity index (χ0n) is 9.35. The lowest BCUT2D eigenvalue weighted by molar-refractivity contribution is 0.477. The van der Waals surface area contributed by atoms with E-state index in [4.69, 9.17) is 5.73 Å². The molecule has 1 aliphatic carbocycles. The number of anilines is 1. The number of aromatic hydroxyl groups is 1. The summed E-state index contributed by atoms with van der Waals surface area (Å²) >= 11 is 0. The predicted octanol–water partition coefficient (Wildman–Crippen LogP) is 1.92. The van der Waals surface area contributed by atoms with Gasteiger partial charge in [0.05, 0.1) is 5.56 Å². The van der Waals surface area contributed by atoms with Crippen LogP contribution >= 0.6 is 0 Å². The number of hydrogen-bond acceptors (Lipinski definition) is 4. The maximum Gasteiger partial charge on any atom is 0.165 e. The second kappa shape index (κ2) is 3.73. The van der Waals surface area contributed by atoms with Crippen molar-refractivity contribution < 1.29 is 5.11 Å². The van der Waals surface area contributed by atoms with Crippen LogP contribution in [0.15, 0.2) is 24.3 Å². The number of para-hydroxylation sites is 1. The molecule has 0 aliphatic heterocycles. The third-order valence-electron chi connectivity index (χ3n) is 3.11. The Hall–Kier alpha value is -2.10. The first-order chi connectivity index (χ1) is 8.25. The summed E-state index contributed by atoms with van der Waals surface area (Å²) in [5.74, 6) is 1.25. The summed E-state index contributed by atoms with van der Waals surface area (Å²) in [6.07, 6.45) is 2.99. The average molecular weight is 227 g/mol. The first kappa shape index (κ1) is 10.1. The molecule has 1 heterocycles. The van der Waals surface area contributed by atoms with Crippen molar-refractivity contribution in [3.63, 3.8) is 0 Å². The van der Waals surface area contributed by atoms with Gasteiger partial charge in [0, 0.05) is 11.3 Å². The molecule has 1 aromatic carbocycles. The standard InChI is InChI=1S/C13H13N3O/c14-12-8-5-3-6-10(8)15-13(16-12)9-4-1-2-7-11(9)17/h1-2,4,7,17H,3,5-6H2,(H2,14,15,16). The largest absolute Gasteiger partial charge is 0.507 e. The van der Waals surface area contributed by atoms with Crippen LogP contribution in [0, 0.1) is 0 Å². The van der Waals surface area contributed by atoms with E-state index in [0.717, 1.165) is 30.5 Å². The van der Waals surface area contributed by atoms with Gasteiger partial charge in [0.25, 0.3) is 0 Å². The molecule has 86 valence electrons. The van der Waals surface area contributed by atoms with Crippen LogP contribution in [0.2, 0.25) is 0 Å². The highest BCUT2D eigenvalue weighted by molar-refractivity contribution is 5.65. The quantitative estimate of drug-likeness (QED) is 0.780. The van der Waals surface area contributed by atoms with Gasteiger partial charge in [-0.2, -0.15) is 0 Å². The minimum absolute atomic E-state index is 0.185. The van der Waals surface area contributed by atoms with E-state index in [0.29, 0.717) is 17.2 Å². The Kier molecular flexibility index (Phi) is 2.21. The molecule has 0 unspecified atom stereocenters. The molecule has 4 heteroatoms. The molecule has 0 saturated heterocycles. The molecule has 0 fully saturated rings. The molecule has 0 spiro atoms. The van der Waals surface area contributed by atoms with Crippen LogP contribution in [0.3, 0.4) is 0 Å². The third kappa shape index (κ3) is 1.62. The Bertz CT molecular complexity index is 581. The van der Waals surface area contributed by atoms with Crippen LogP contribution in [-0.2, 0) is 12.8 Å². The van der Waals surface area contributed by atoms with Crippen molar-refractivity contribution in [3.05, 3.63) is 35.5 Å². The van der Waals surface area contributed by atoms with Crippen LogP contribution in [-0.4, -0.2) is 15.1 Å². The molecular weight excluding hydrogens is 214 g/mol. The van der Waals surface area contributed by atoms with Gasteiger partial charge < -0.3 is 10.8 Å². The normalized spacial score (nSPS) is 13.6. The molecular formula is C13H13N3O. The van der Waals surface area contributed by atoms with Gasteiger partial charge in [-0.3, -0.25) is 0 Å². The number of fused-ring (bicyclic) bond motifs is 1. The molecule has 1 aliphatic rings. The van der Waals surface area contributed by atoms with Gasteiger partial charge in [-0.15, -0.1) is 0 Å². The smallest absolute Gasteiger partial charge is 0.165 e. The zero-order chi connectivity index (χ0) is 11.8. The van der Waals surface area contributed by atoms with Crippen molar-refractivity contribution in [2.75, 3.05) is 5.73 Å². The number of nitrogen functional groups attached to an aromatic ring is 1. The van der Waals surface area contributed by atoms with E-state index in [1.165, 1.54) is 0 Å². The highest BCUT2D eigenvalue weighted by Gasteiger charge is 2.19. The molecule has 3 rings (SSSR count). The molecule has 3 N–H and O–H groups in total. The monoisotopic (exact) mass is 227 g/mol. The van der Waals surface area contributed by atoms with E-state index in [1.807, 2.05) is 6.07 Å². The number of rotatable bonds is 1. The van der Waals surface area contributed by atoms with Gasteiger partial charge in [0.2, 0.25) is 0 Å². The van der Waals surface area contributed by atoms with Gasteiger partial charge in [-0.1, -0.05) is 12.1 Å². The number of aryl methyl sites for hydroxylation is 1. The molecule has 0 amide bonds. The first-order valence-corrected chi connectivity index (χ1v) is 5.69. The number of phenolic OH excluding ortho intramolecular Hbond substituents is 1. The highest BCUT2D eigenvalue weighted by atomic mass is 16.3. The predicted molar refractivity (Wildman–Crippen MR) is 65.6 cm³/mol. The number of benzene rings is 1. The third-order valence-corrected chi connectivity index (χ3v) is 3.11. The molecule has 4 nitrogen and oxygen atoms in total. The molecule has 0 bridgehead atoms. The Balaban J connectivity index is 2.17. The minimum atomic E-state index is 0.185. The van der Waals surface area contributed by atoms with Crippen LogP contribution < -0.4 is 5.73 Å². The maximum absolute atomic E-state index is 9.78. The summed E-state index contributed by atoms with van der Waals surface area (Å²) in [7, 11) is 0. The number of nitrogens with zero attached hydrogens (tertiary/aromatic N) is 2. The van der Waals surface area contributed by atoms with Crippen LogP contribution in [0.5, 0.6) is 5.75 Å². The van der Waals surface area contributed by atoms with E-state index >= 15 is 0 Å². The zero-order valence-corrected chi connectivity index (χ0v) is 9.35. The lowest BCUT2D eigenvalue weighted by atomic mass is 10.1. The number of hydrogen-bond donors (Lipinski definition) is 2. The molecule has 0 saturated carbocycles. The topological polar surface area (TPSA) is 72.0 Å². The van der Waals surface area contributed by atoms with Crippen molar-refractivity contribution in [3.8, 4) is 17.1 Å². The SMILES string of the molecule is Nc1nc(-c2ccccc2O)nc2c1CCC2. The number of nitrogens with two attached hydrogens (primary N) is 1. The number of phenols is 1. The summed E-state index contributed by atoms with van der Waals surface area (Å²) in [5.41, 5.74) is 8.66. The van der Waals surface area contributed by atoms with E-state index in [1.54, 1.807) is 18.2 Å². The lowest BCUT2D eigenvalue weighted by Crippen LogP contribution is -2.02. The first-order valence-electron chi connectivity index (χ1n) is 5.69. The van der Waals surface area contributed by atoms with E-state index in [-0.39, 0.29) is 5.75 Å². The summed E-state index contributed by atoms with van der Waals surface area (Å²) < 4.78 is 0. The Morgan fingerprint density at radius 2 is 1.94 bits per heavy atom. The van der Waals surface area contributed by atoms with Crippen molar-refractivity contribution in [1.29, 1.82) is 0 Å². The van der Waals surface area contributed by atoms with Crippen molar-refractivity contribution in [2.45, 2.75) is 19.3 Å². The van der Waals surface area contributed by atoms with Gasteiger partial charge in [0.1, 0.15) is 11.6 Å². The average Bonchev–Trinajstić information content (AvgIpc) is 2.78. The molecule has 0 radical (unpaired) electrons. The fourth-order valence-electron chi connectivity index (χ4n) is 2.24. The molecule has 17 heavy (non-hydrogen) atoms. The Morgan fingerprint density at radius 3 is 2.76 bits per heavy atom. The Morgan fingerprint density at radius 1 is 1.12 bits per heavy atom. The van der Waals surface area contributed by atoms with Gasteiger partial charge in [0.15, 0.2) is 5.82 Å². The lowest BCUT2D eigenvalue weighted by Gasteiger charge is -2.07. The molecule has 0 atom stereocenters. The second-order valence-corrected chi connectivity index (χ2v) is 4.23. The summed E-state index contributed by atoms with van der Waals surface area (Å²) in [4.78, 5) is 8.78. The van der Waals surface area contributed by atoms with E-state index in [9.17, 15) is 5.11 Å². The molecule has 2 aromatic rings. The summed E-state index contributed by atoms with van der Waals surface area (Å²) in [6, 6.07) is 7.05. The fraction of sp³-hybridized carbons (Fsp3) is 0.231. The van der Waals surface area contributed by atoms with Gasteiger partial charge >= 0.3 is 0 Å². The van der Waals surface area contributed by atoms with E-state index < -0.39 is 0 Å². The second-order valence-electron chi connectivity index (χ2n) is 4.23. The molecule has 1 aromatic heterocycles. The van der Waals surface area contributed by atoms with Crippen LogP contribution in [0.1, 0.15) is 17.7 Å². The fourth-order valence-corrected chi connectivity index (χ4v) is 2.24. The summed E-state index contributed by atoms with van der Waals surface area (Å²) in [6.45, 7) is 0. The van der Waals surface area contributed by atoms with Crippen molar-refractivity contribution in [1.82, 2.24) is 9.97 Å². The van der Waals surface area contributed by atoms with Crippen LogP contribution in [0.4, 0.5) is 5.82 Å². The number of aromatic nitrogens is 2. The van der Waals surface area contributed by atoms with Gasteiger partial charge in [-0.25, -0.2) is 9.97 Å². The maximum atomic E-state index is 9.78. The Labute approximate surface area is 99.2 Å². The van der Waals surface area contributed by atoms with E-state index in [2.05, 4.69) is 9.97 Å². The summed E-state index contributed by atoms with van der Waals surface area (Å²) in [5, 5.41) is 9.78. The highest BCUT2D eigenvalue weighted by Crippen LogP contribution is 2.30. The van der Waals surface area contributed by atoms with Crippen molar-refractivity contribution >= 4 is 5.82 Å². The van der Waals surface area contributed by atoms with Crippen molar-refractivity contribution in [2.24, 2.45) is 0 Å². The van der Waals surface area contributed by atoms with Crippen LogP contribution in [0.25, 0.3) is 11.4 Å². The van der Waals surface area contributed by atoms with Gasteiger partial charge in [-0.05, 0) is 31.4 Å². The minimum Gasteiger partial charge on any atom is -0.507 e.